The van der Waals surface area contributed by atoms with Crippen molar-refractivity contribution in [3.05, 3.63) is 58.5 Å². The van der Waals surface area contributed by atoms with Gasteiger partial charge < -0.3 is 14.2 Å². The van der Waals surface area contributed by atoms with Crippen molar-refractivity contribution < 1.29 is 19.0 Å². The Morgan fingerprint density at radius 3 is 2.91 bits per heavy atom. The molecule has 7 nitrogen and oxygen atoms in total. The Hall–Kier alpha value is -3.35. The molecule has 1 aromatic carbocycles. The number of pyridine rings is 1. The molecule has 1 aliphatic rings. The minimum Gasteiger partial charge on any atom is -0.454 e. The zero-order chi connectivity index (χ0) is 15.8. The molecule has 0 spiro atoms. The van der Waals surface area contributed by atoms with E-state index in [4.69, 9.17) is 14.2 Å². The van der Waals surface area contributed by atoms with Gasteiger partial charge in [-0.05, 0) is 24.3 Å². The third kappa shape index (κ3) is 2.18. The smallest absolute Gasteiger partial charge is 0.272 e. The van der Waals surface area contributed by atoms with Gasteiger partial charge in [0.05, 0.1) is 0 Å². The molecule has 1 aliphatic heterocycles. The molecular formula is C16H10N2O5. The Labute approximate surface area is 129 Å². The summed E-state index contributed by atoms with van der Waals surface area (Å²) in [5.74, 6) is 1.49. The molecule has 0 N–H and O–H groups in total. The summed E-state index contributed by atoms with van der Waals surface area (Å²) in [7, 11) is 0. The quantitative estimate of drug-likeness (QED) is 0.689. The molecule has 0 unspecified atom stereocenters. The van der Waals surface area contributed by atoms with Crippen molar-refractivity contribution in [3.63, 3.8) is 0 Å². The van der Waals surface area contributed by atoms with Crippen LogP contribution in [0, 0.1) is 0 Å². The second kappa shape index (κ2) is 5.13. The van der Waals surface area contributed by atoms with E-state index in [-0.39, 0.29) is 18.2 Å². The van der Waals surface area contributed by atoms with Crippen LogP contribution in [0.5, 0.6) is 23.1 Å². The molecule has 23 heavy (non-hydrogen) atoms. The highest BCUT2D eigenvalue weighted by molar-refractivity contribution is 5.78. The first-order valence-corrected chi connectivity index (χ1v) is 6.80. The summed E-state index contributed by atoms with van der Waals surface area (Å²) in [6.45, 7) is 0.147. The van der Waals surface area contributed by atoms with Crippen molar-refractivity contribution in [1.82, 2.24) is 9.38 Å². The summed E-state index contributed by atoms with van der Waals surface area (Å²) in [6.07, 6.45) is 1.99. The third-order valence-electron chi connectivity index (χ3n) is 3.41. The summed E-state index contributed by atoms with van der Waals surface area (Å²) >= 11 is 0. The van der Waals surface area contributed by atoms with Crippen molar-refractivity contribution >= 4 is 11.9 Å². The minimum atomic E-state index is -0.485. The van der Waals surface area contributed by atoms with E-state index < -0.39 is 5.56 Å². The summed E-state index contributed by atoms with van der Waals surface area (Å²) in [4.78, 5) is 27.8. The van der Waals surface area contributed by atoms with Crippen LogP contribution in [0.3, 0.4) is 0 Å². The standard InChI is InChI=1S/C16H10N2O5/c19-8-11-15(17-14-3-1-2-6-18(14)16(11)20)23-10-4-5-12-13(7-10)22-9-21-12/h1-8H,9H2. The molecule has 2 aromatic heterocycles. The van der Waals surface area contributed by atoms with E-state index in [9.17, 15) is 9.59 Å². The van der Waals surface area contributed by atoms with E-state index in [1.165, 1.54) is 4.40 Å². The van der Waals surface area contributed by atoms with Crippen molar-refractivity contribution in [3.8, 4) is 23.1 Å². The van der Waals surface area contributed by atoms with E-state index in [2.05, 4.69) is 4.98 Å². The fourth-order valence-corrected chi connectivity index (χ4v) is 2.31. The van der Waals surface area contributed by atoms with Gasteiger partial charge >= 0.3 is 0 Å². The van der Waals surface area contributed by atoms with Gasteiger partial charge in [0.1, 0.15) is 17.0 Å². The van der Waals surface area contributed by atoms with Crippen LogP contribution in [0.15, 0.2) is 47.4 Å². The molecule has 7 heteroatoms. The molecule has 114 valence electrons. The second-order valence-corrected chi connectivity index (χ2v) is 4.80. The molecule has 0 atom stereocenters. The van der Waals surface area contributed by atoms with E-state index >= 15 is 0 Å². The molecule has 0 saturated carbocycles. The van der Waals surface area contributed by atoms with Crippen LogP contribution in [0.4, 0.5) is 0 Å². The molecule has 0 fully saturated rings. The average Bonchev–Trinajstić information content (AvgIpc) is 3.03. The van der Waals surface area contributed by atoms with Crippen LogP contribution < -0.4 is 19.8 Å². The predicted octanol–water partition coefficient (Wildman–Crippen LogP) is 2.03. The van der Waals surface area contributed by atoms with Gasteiger partial charge in [0.2, 0.25) is 12.7 Å². The van der Waals surface area contributed by atoms with Crippen LogP contribution in [0.25, 0.3) is 5.65 Å². The highest BCUT2D eigenvalue weighted by Crippen LogP contribution is 2.36. The Balaban J connectivity index is 1.82. The first-order valence-electron chi connectivity index (χ1n) is 6.80. The average molecular weight is 310 g/mol. The number of benzene rings is 1. The zero-order valence-corrected chi connectivity index (χ0v) is 11.8. The fourth-order valence-electron chi connectivity index (χ4n) is 2.31. The molecule has 0 amide bonds. The lowest BCUT2D eigenvalue weighted by molar-refractivity contribution is 0.111. The summed E-state index contributed by atoms with van der Waals surface area (Å²) < 4.78 is 17.4. The lowest BCUT2D eigenvalue weighted by Gasteiger charge is -2.09. The zero-order valence-electron chi connectivity index (χ0n) is 11.8. The van der Waals surface area contributed by atoms with E-state index in [0.717, 1.165) is 0 Å². The number of hydrogen-bond acceptors (Lipinski definition) is 6. The lowest BCUT2D eigenvalue weighted by atomic mass is 10.3. The topological polar surface area (TPSA) is 79.1 Å². The highest BCUT2D eigenvalue weighted by Gasteiger charge is 2.17. The number of fused-ring (bicyclic) bond motifs is 2. The Bertz CT molecular complexity index is 980. The Kier molecular flexibility index (Phi) is 2.97. The fraction of sp³-hybridized carbons (Fsp3) is 0.0625. The highest BCUT2D eigenvalue weighted by atomic mass is 16.7. The number of carbonyl (C=O) groups excluding carboxylic acids is 1. The molecule has 0 aliphatic carbocycles. The van der Waals surface area contributed by atoms with Gasteiger partial charge in [-0.25, -0.2) is 0 Å². The minimum absolute atomic E-state index is 0.0462. The van der Waals surface area contributed by atoms with E-state index in [1.807, 2.05) is 0 Å². The summed E-state index contributed by atoms with van der Waals surface area (Å²) in [5.41, 5.74) is -0.244. The van der Waals surface area contributed by atoms with Gasteiger partial charge in [-0.3, -0.25) is 14.0 Å². The summed E-state index contributed by atoms with van der Waals surface area (Å²) in [5, 5.41) is 0. The SMILES string of the molecule is O=Cc1c(Oc2ccc3c(c2)OCO3)nc2ccccn2c1=O. The molecule has 0 bridgehead atoms. The maximum absolute atomic E-state index is 12.3. The number of aldehydes is 1. The molecular weight excluding hydrogens is 300 g/mol. The van der Waals surface area contributed by atoms with Crippen molar-refractivity contribution in [2.45, 2.75) is 0 Å². The van der Waals surface area contributed by atoms with Crippen molar-refractivity contribution in [2.75, 3.05) is 6.79 Å². The Morgan fingerprint density at radius 1 is 1.17 bits per heavy atom. The number of ether oxygens (including phenoxy) is 3. The van der Waals surface area contributed by atoms with Crippen LogP contribution in [0.1, 0.15) is 10.4 Å². The van der Waals surface area contributed by atoms with Gasteiger partial charge in [0, 0.05) is 12.3 Å². The van der Waals surface area contributed by atoms with Crippen LogP contribution in [-0.4, -0.2) is 22.5 Å². The number of carbonyl (C=O) groups is 1. The monoisotopic (exact) mass is 310 g/mol. The number of nitrogens with zero attached hydrogens (tertiary/aromatic N) is 2. The maximum Gasteiger partial charge on any atom is 0.272 e. The number of aromatic nitrogens is 2. The molecule has 4 rings (SSSR count). The number of hydrogen-bond donors (Lipinski definition) is 0. The number of rotatable bonds is 3. The van der Waals surface area contributed by atoms with Crippen molar-refractivity contribution in [1.29, 1.82) is 0 Å². The van der Waals surface area contributed by atoms with Gasteiger partial charge in [0.15, 0.2) is 17.8 Å². The van der Waals surface area contributed by atoms with Gasteiger partial charge in [-0.1, -0.05) is 6.07 Å². The van der Waals surface area contributed by atoms with E-state index in [0.29, 0.717) is 29.2 Å². The molecule has 3 aromatic rings. The Morgan fingerprint density at radius 2 is 2.04 bits per heavy atom. The second-order valence-electron chi connectivity index (χ2n) is 4.80. The van der Waals surface area contributed by atoms with Gasteiger partial charge in [0.25, 0.3) is 5.56 Å². The molecule has 3 heterocycles. The van der Waals surface area contributed by atoms with Crippen LogP contribution >= 0.6 is 0 Å². The molecule has 0 radical (unpaired) electrons. The van der Waals surface area contributed by atoms with E-state index in [1.54, 1.807) is 42.6 Å². The maximum atomic E-state index is 12.3. The van der Waals surface area contributed by atoms with Crippen molar-refractivity contribution in [2.24, 2.45) is 0 Å². The lowest BCUT2D eigenvalue weighted by Crippen LogP contribution is -2.20. The summed E-state index contributed by atoms with van der Waals surface area (Å²) in [6, 6.07) is 10.0. The normalized spacial score (nSPS) is 12.3. The van der Waals surface area contributed by atoms with Gasteiger partial charge in [-0.15, -0.1) is 0 Å². The largest absolute Gasteiger partial charge is 0.454 e. The first kappa shape index (κ1) is 13.3. The van der Waals surface area contributed by atoms with Crippen LogP contribution in [-0.2, 0) is 0 Å². The third-order valence-corrected chi connectivity index (χ3v) is 3.41. The van der Waals surface area contributed by atoms with Gasteiger partial charge in [-0.2, -0.15) is 4.98 Å². The van der Waals surface area contributed by atoms with Crippen LogP contribution in [0.2, 0.25) is 0 Å². The first-order chi connectivity index (χ1) is 11.3. The predicted molar refractivity (Wildman–Crippen MR) is 79.5 cm³/mol. The molecule has 0 saturated heterocycles.